The molecule has 0 saturated carbocycles. The fourth-order valence-electron chi connectivity index (χ4n) is 4.75. The second-order valence-corrected chi connectivity index (χ2v) is 11.1. The number of aromatic nitrogens is 3. The molecule has 0 spiro atoms. The number of guanidine groups is 1. The first kappa shape index (κ1) is 33.6. The van der Waals surface area contributed by atoms with Crippen molar-refractivity contribution < 1.29 is 24.3 Å². The molecule has 2 aromatic heterocycles. The van der Waals surface area contributed by atoms with Crippen LogP contribution in [0, 0.1) is 5.92 Å². The van der Waals surface area contributed by atoms with Crippen LogP contribution in [0.15, 0.2) is 48.0 Å². The standard InChI is InChI=1S/C29H42N10O5/c1-16(2)10-23(27(42)39-24(28(43)44)12-18-14-33-15-36-18)38-26(41)22(8-5-9-34-29(31)32)37-25(40)20(30)11-17-13-35-21-7-4-3-6-19(17)21/h3-4,6-7,13-16,20,22-24,35H,5,8-12,30H2,1-2H3,(H,33,36)(H,37,40)(H,38,41)(H,39,42)(H,43,44)(H4,31,32,34). The molecule has 238 valence electrons. The van der Waals surface area contributed by atoms with E-state index in [1.807, 2.05) is 38.1 Å². The number of carbonyl (C=O) groups is 4. The van der Waals surface area contributed by atoms with Gasteiger partial charge in [-0.2, -0.15) is 0 Å². The summed E-state index contributed by atoms with van der Waals surface area (Å²) < 4.78 is 0. The zero-order valence-corrected chi connectivity index (χ0v) is 24.9. The van der Waals surface area contributed by atoms with Gasteiger partial charge in [-0.25, -0.2) is 9.78 Å². The van der Waals surface area contributed by atoms with Crippen molar-refractivity contribution in [1.82, 2.24) is 30.9 Å². The summed E-state index contributed by atoms with van der Waals surface area (Å²) in [5.41, 5.74) is 19.4. The van der Waals surface area contributed by atoms with Crippen molar-refractivity contribution in [3.05, 3.63) is 54.2 Å². The van der Waals surface area contributed by atoms with E-state index < -0.39 is 47.9 Å². The molecular formula is C29H42N10O5. The van der Waals surface area contributed by atoms with E-state index in [4.69, 9.17) is 17.2 Å². The number of nitrogens with zero attached hydrogens (tertiary/aromatic N) is 2. The molecule has 4 atom stereocenters. The van der Waals surface area contributed by atoms with Crippen molar-refractivity contribution in [1.29, 1.82) is 0 Å². The summed E-state index contributed by atoms with van der Waals surface area (Å²) in [5, 5.41) is 18.6. The van der Waals surface area contributed by atoms with Crippen LogP contribution in [-0.4, -0.2) is 80.4 Å². The minimum atomic E-state index is -1.26. The number of aliphatic carboxylic acids is 1. The third kappa shape index (κ3) is 10.1. The third-order valence-corrected chi connectivity index (χ3v) is 6.96. The Morgan fingerprint density at radius 1 is 0.955 bits per heavy atom. The molecule has 0 saturated heterocycles. The maximum absolute atomic E-state index is 13.5. The maximum Gasteiger partial charge on any atom is 0.326 e. The number of carbonyl (C=O) groups excluding carboxylic acids is 3. The minimum absolute atomic E-state index is 0.0264. The first-order valence-electron chi connectivity index (χ1n) is 14.4. The molecule has 0 fully saturated rings. The SMILES string of the molecule is CC(C)CC(NC(=O)C(CCCN=C(N)N)NC(=O)C(N)Cc1c[nH]c2ccccc12)C(=O)NC(Cc1cnc[nH]1)C(=O)O. The van der Waals surface area contributed by atoms with Crippen molar-refractivity contribution in [2.45, 2.75) is 70.1 Å². The fraction of sp³-hybridized carbons (Fsp3) is 0.448. The van der Waals surface area contributed by atoms with E-state index in [0.717, 1.165) is 16.5 Å². The zero-order valence-electron chi connectivity index (χ0n) is 24.9. The van der Waals surface area contributed by atoms with Gasteiger partial charge in [0.1, 0.15) is 18.1 Å². The van der Waals surface area contributed by atoms with E-state index in [2.05, 4.69) is 35.9 Å². The number of nitrogens with one attached hydrogen (secondary N) is 5. The summed E-state index contributed by atoms with van der Waals surface area (Å²) in [6.07, 6.45) is 5.60. The number of hydrogen-bond acceptors (Lipinski definition) is 7. The van der Waals surface area contributed by atoms with Crippen LogP contribution in [0.5, 0.6) is 0 Å². The molecule has 44 heavy (non-hydrogen) atoms. The van der Waals surface area contributed by atoms with Gasteiger partial charge in [0.05, 0.1) is 12.4 Å². The number of carboxylic acids is 1. The van der Waals surface area contributed by atoms with Gasteiger partial charge in [-0.1, -0.05) is 32.0 Å². The van der Waals surface area contributed by atoms with Crippen molar-refractivity contribution in [2.75, 3.05) is 6.54 Å². The number of nitrogens with two attached hydrogens (primary N) is 3. The van der Waals surface area contributed by atoms with Crippen LogP contribution in [0.3, 0.4) is 0 Å². The molecule has 0 aliphatic heterocycles. The molecule has 3 rings (SSSR count). The molecule has 0 radical (unpaired) electrons. The molecule has 12 N–H and O–H groups in total. The number of fused-ring (bicyclic) bond motifs is 1. The average Bonchev–Trinajstić information content (AvgIpc) is 3.63. The Labute approximate surface area is 254 Å². The molecule has 4 unspecified atom stereocenters. The zero-order chi connectivity index (χ0) is 32.2. The van der Waals surface area contributed by atoms with Gasteiger partial charge in [0.25, 0.3) is 0 Å². The van der Waals surface area contributed by atoms with Crippen molar-refractivity contribution >= 4 is 40.6 Å². The summed E-state index contributed by atoms with van der Waals surface area (Å²) in [6.45, 7) is 3.95. The molecule has 1 aromatic carbocycles. The molecule has 0 bridgehead atoms. The largest absolute Gasteiger partial charge is 0.480 e. The number of rotatable bonds is 17. The lowest BCUT2D eigenvalue weighted by molar-refractivity contribution is -0.142. The number of carboxylic acid groups (broad SMARTS) is 1. The van der Waals surface area contributed by atoms with Crippen LogP contribution in [0.25, 0.3) is 10.9 Å². The highest BCUT2D eigenvalue weighted by atomic mass is 16.4. The molecular weight excluding hydrogens is 568 g/mol. The number of imidazole rings is 1. The Kier molecular flexibility index (Phi) is 12.3. The predicted molar refractivity (Wildman–Crippen MR) is 165 cm³/mol. The monoisotopic (exact) mass is 610 g/mol. The molecule has 0 aliphatic rings. The number of benzene rings is 1. The lowest BCUT2D eigenvalue weighted by Gasteiger charge is -2.26. The summed E-state index contributed by atoms with van der Waals surface area (Å²) in [4.78, 5) is 65.6. The molecule has 2 heterocycles. The number of aliphatic imine (C=N–C) groups is 1. The van der Waals surface area contributed by atoms with E-state index in [0.29, 0.717) is 12.1 Å². The summed E-state index contributed by atoms with van der Waals surface area (Å²) in [7, 11) is 0. The molecule has 0 aliphatic carbocycles. The first-order chi connectivity index (χ1) is 20.9. The highest BCUT2D eigenvalue weighted by molar-refractivity contribution is 5.94. The van der Waals surface area contributed by atoms with Gasteiger partial charge < -0.3 is 48.2 Å². The first-order valence-corrected chi connectivity index (χ1v) is 14.4. The Morgan fingerprint density at radius 2 is 1.64 bits per heavy atom. The summed E-state index contributed by atoms with van der Waals surface area (Å²) >= 11 is 0. The lowest BCUT2D eigenvalue weighted by Crippen LogP contribution is -2.57. The topological polar surface area (TPSA) is 259 Å². The van der Waals surface area contributed by atoms with Crippen LogP contribution in [-0.2, 0) is 32.0 Å². The smallest absolute Gasteiger partial charge is 0.326 e. The van der Waals surface area contributed by atoms with Gasteiger partial charge in [-0.3, -0.25) is 19.4 Å². The molecule has 3 aromatic rings. The van der Waals surface area contributed by atoms with Crippen LogP contribution >= 0.6 is 0 Å². The number of aromatic amines is 2. The Morgan fingerprint density at radius 3 is 2.30 bits per heavy atom. The van der Waals surface area contributed by atoms with Gasteiger partial charge in [0.15, 0.2) is 5.96 Å². The van der Waals surface area contributed by atoms with Gasteiger partial charge in [0.2, 0.25) is 17.7 Å². The molecule has 15 nitrogen and oxygen atoms in total. The Hall–Kier alpha value is -4.92. The van der Waals surface area contributed by atoms with Crippen molar-refractivity contribution in [3.63, 3.8) is 0 Å². The highest BCUT2D eigenvalue weighted by Crippen LogP contribution is 2.19. The van der Waals surface area contributed by atoms with Crippen LogP contribution in [0.1, 0.15) is 44.4 Å². The van der Waals surface area contributed by atoms with E-state index in [9.17, 15) is 24.3 Å². The quantitative estimate of drug-likeness (QED) is 0.0548. The predicted octanol–water partition coefficient (Wildman–Crippen LogP) is -0.358. The second kappa shape index (κ2) is 16.1. The average molecular weight is 611 g/mol. The molecule has 15 heteroatoms. The number of H-pyrrole nitrogens is 2. The van der Waals surface area contributed by atoms with Crippen molar-refractivity contribution in [2.24, 2.45) is 28.1 Å². The molecule has 3 amide bonds. The van der Waals surface area contributed by atoms with E-state index >= 15 is 0 Å². The maximum atomic E-state index is 13.5. The van der Waals surface area contributed by atoms with E-state index in [1.54, 1.807) is 6.20 Å². The Balaban J connectivity index is 1.72. The van der Waals surface area contributed by atoms with E-state index in [-0.39, 0.29) is 44.1 Å². The van der Waals surface area contributed by atoms with Crippen LogP contribution in [0.2, 0.25) is 0 Å². The van der Waals surface area contributed by atoms with Crippen LogP contribution in [0.4, 0.5) is 0 Å². The third-order valence-electron chi connectivity index (χ3n) is 6.96. The van der Waals surface area contributed by atoms with Crippen molar-refractivity contribution in [3.8, 4) is 0 Å². The van der Waals surface area contributed by atoms with Gasteiger partial charge in [-0.15, -0.1) is 0 Å². The minimum Gasteiger partial charge on any atom is -0.480 e. The summed E-state index contributed by atoms with van der Waals surface area (Å²) in [6, 6.07) is 3.28. The fourth-order valence-corrected chi connectivity index (χ4v) is 4.75. The second-order valence-electron chi connectivity index (χ2n) is 11.1. The van der Waals surface area contributed by atoms with Gasteiger partial charge in [0, 0.05) is 42.0 Å². The van der Waals surface area contributed by atoms with Gasteiger partial charge >= 0.3 is 5.97 Å². The van der Waals surface area contributed by atoms with Crippen LogP contribution < -0.4 is 33.2 Å². The number of para-hydroxylation sites is 1. The number of amides is 3. The number of hydrogen-bond donors (Lipinski definition) is 9. The Bertz CT molecular complexity index is 1430. The highest BCUT2D eigenvalue weighted by Gasteiger charge is 2.31. The normalized spacial score (nSPS) is 13.9. The van der Waals surface area contributed by atoms with E-state index in [1.165, 1.54) is 12.5 Å². The van der Waals surface area contributed by atoms with Gasteiger partial charge in [-0.05, 0) is 43.2 Å². The summed E-state index contributed by atoms with van der Waals surface area (Å²) in [5.74, 6) is -3.21. The lowest BCUT2D eigenvalue weighted by atomic mass is 10.0.